The maximum Gasteiger partial charge on any atom is 0 e. The van der Waals surface area contributed by atoms with Crippen molar-refractivity contribution in [3.8, 4) is 0 Å². The van der Waals surface area contributed by atoms with Crippen LogP contribution < -0.4 is 0 Å². The monoisotopic (exact) mass is 489 g/mol. The molecule has 0 saturated carbocycles. The molecule has 0 amide bonds. The molecular weight excluding hydrogens is 459 g/mol. The maximum absolute atomic E-state index is 2.46. The van der Waals surface area contributed by atoms with E-state index in [4.69, 9.17) is 0 Å². The molecule has 0 nitrogen and oxygen atoms in total. The summed E-state index contributed by atoms with van der Waals surface area (Å²) in [4.78, 5) is 0. The molecule has 0 aromatic heterocycles. The maximum atomic E-state index is 2.46. The van der Waals surface area contributed by atoms with E-state index in [0.29, 0.717) is 5.92 Å². The Balaban J connectivity index is 0.00000192. The molecule has 1 atom stereocenters. The Hall–Kier alpha value is -0.473. The van der Waals surface area contributed by atoms with Crippen LogP contribution in [-0.2, 0) is 25.8 Å². The minimum atomic E-state index is -0.491. The van der Waals surface area contributed by atoms with Gasteiger partial charge in [-0.2, -0.15) is 0 Å². The normalized spacial score (nSPS) is 25.0. The van der Waals surface area contributed by atoms with Crippen molar-refractivity contribution in [2.75, 3.05) is 0 Å². The van der Waals surface area contributed by atoms with E-state index in [2.05, 4.69) is 77.2 Å². The molecule has 0 aromatic rings. The summed E-state index contributed by atoms with van der Waals surface area (Å²) in [6.07, 6.45) is 14.8. The van der Waals surface area contributed by atoms with Crippen molar-refractivity contribution in [3.05, 3.63) is 64.7 Å². The van der Waals surface area contributed by atoms with Gasteiger partial charge in [-0.3, -0.25) is 0 Å². The fourth-order valence-electron chi connectivity index (χ4n) is 4.46. The molecule has 0 fully saturated rings. The largest absolute Gasteiger partial charge is 1.00 e. The predicted octanol–water partition coefficient (Wildman–Crippen LogP) is 5.67. The standard InChI is InChI=1S/C21H27Si.Hf.2H/c1-14-10-9-13-17-18(15(14)2)20(22(5)6)21(3,4)19(17)16-11-7-8-12-16;;;/h7-11,13,15H,12H2,1-6H3;;;/q-1;;2*-1. The molecular formula is C21H29HfSi-3. The minimum Gasteiger partial charge on any atom is -1.00 e. The van der Waals surface area contributed by atoms with Crippen LogP contribution in [0, 0.1) is 17.3 Å². The third-order valence-corrected chi connectivity index (χ3v) is 7.30. The number of rotatable bonds is 1. The van der Waals surface area contributed by atoms with Crippen molar-refractivity contribution in [2.24, 2.45) is 11.3 Å². The van der Waals surface area contributed by atoms with Gasteiger partial charge in [0.1, 0.15) is 0 Å². The van der Waals surface area contributed by atoms with Crippen LogP contribution in [-0.4, -0.2) is 13.6 Å². The number of hydrogen-bond donors (Lipinski definition) is 0. The van der Waals surface area contributed by atoms with Gasteiger partial charge in [0.2, 0.25) is 0 Å². The van der Waals surface area contributed by atoms with Crippen LogP contribution in [0.2, 0.25) is 13.1 Å². The number of hydrogen-bond acceptors (Lipinski definition) is 0. The van der Waals surface area contributed by atoms with Gasteiger partial charge in [-0.15, -0.1) is 52.1 Å². The van der Waals surface area contributed by atoms with E-state index in [9.17, 15) is 0 Å². The van der Waals surface area contributed by atoms with Crippen LogP contribution in [0.3, 0.4) is 0 Å². The van der Waals surface area contributed by atoms with Crippen LogP contribution in [0.1, 0.15) is 37.0 Å². The summed E-state index contributed by atoms with van der Waals surface area (Å²) in [5.41, 5.74) is 6.33. The Morgan fingerprint density at radius 3 is 2.48 bits per heavy atom. The van der Waals surface area contributed by atoms with E-state index in [1.807, 2.05) is 0 Å². The second-order valence-electron chi connectivity index (χ2n) is 7.52. The molecule has 0 bridgehead atoms. The summed E-state index contributed by atoms with van der Waals surface area (Å²) in [5.74, 6) is 2.12. The van der Waals surface area contributed by atoms with E-state index in [1.54, 1.807) is 16.7 Å². The minimum absolute atomic E-state index is 0. The van der Waals surface area contributed by atoms with E-state index in [1.165, 1.54) is 16.7 Å². The first-order chi connectivity index (χ1) is 10.4. The Kier molecular flexibility index (Phi) is 5.57. The van der Waals surface area contributed by atoms with Gasteiger partial charge in [0.25, 0.3) is 0 Å². The molecule has 3 aliphatic rings. The van der Waals surface area contributed by atoms with Gasteiger partial charge in [0, 0.05) is 25.8 Å². The molecule has 1 unspecified atom stereocenters. The molecule has 0 aliphatic heterocycles. The summed E-state index contributed by atoms with van der Waals surface area (Å²) < 4.78 is 0. The second kappa shape index (κ2) is 6.80. The molecule has 0 aromatic carbocycles. The van der Waals surface area contributed by atoms with E-state index in [-0.39, 0.29) is 34.1 Å². The first-order valence-electron chi connectivity index (χ1n) is 8.37. The van der Waals surface area contributed by atoms with E-state index >= 15 is 0 Å². The van der Waals surface area contributed by atoms with Crippen molar-refractivity contribution in [1.82, 2.24) is 0 Å². The van der Waals surface area contributed by atoms with Crippen LogP contribution in [0.25, 0.3) is 0 Å². The average Bonchev–Trinajstić information content (AvgIpc) is 2.98. The van der Waals surface area contributed by atoms with Crippen molar-refractivity contribution < 1.29 is 28.7 Å². The molecule has 2 heteroatoms. The van der Waals surface area contributed by atoms with Crippen LogP contribution in [0.15, 0.2) is 58.7 Å². The summed E-state index contributed by atoms with van der Waals surface area (Å²) >= 11 is 0. The average molecular weight is 488 g/mol. The molecule has 0 radical (unpaired) electrons. The van der Waals surface area contributed by atoms with Gasteiger partial charge in [0.15, 0.2) is 0 Å². The molecule has 0 saturated heterocycles. The Morgan fingerprint density at radius 1 is 1.22 bits per heavy atom. The van der Waals surface area contributed by atoms with Crippen LogP contribution >= 0.6 is 0 Å². The third-order valence-electron chi connectivity index (χ3n) is 5.41. The molecule has 0 heterocycles. The summed E-state index contributed by atoms with van der Waals surface area (Å²) in [5, 5.41) is 1.74. The van der Waals surface area contributed by atoms with Gasteiger partial charge < -0.3 is 2.85 Å². The third kappa shape index (κ3) is 2.98. The van der Waals surface area contributed by atoms with Crippen molar-refractivity contribution in [1.29, 1.82) is 0 Å². The fourth-order valence-corrected chi connectivity index (χ4v) is 6.72. The van der Waals surface area contributed by atoms with Crippen LogP contribution in [0.5, 0.6) is 0 Å². The summed E-state index contributed by atoms with van der Waals surface area (Å²) in [7, 11) is -0.491. The zero-order chi connectivity index (χ0) is 16.1. The van der Waals surface area contributed by atoms with E-state index < -0.39 is 8.41 Å². The molecule has 0 spiro atoms. The second-order valence-corrected chi connectivity index (χ2v) is 10.0. The van der Waals surface area contributed by atoms with Crippen molar-refractivity contribution in [3.63, 3.8) is 0 Å². The topological polar surface area (TPSA) is 0 Å². The Bertz CT molecular complexity index is 701. The molecule has 23 heavy (non-hydrogen) atoms. The van der Waals surface area contributed by atoms with Gasteiger partial charge in [-0.1, -0.05) is 51.6 Å². The smallest absolute Gasteiger partial charge is 0 e. The Morgan fingerprint density at radius 2 is 1.91 bits per heavy atom. The van der Waals surface area contributed by atoms with Gasteiger partial charge in [0.05, 0.1) is 0 Å². The predicted molar refractivity (Wildman–Crippen MR) is 103 cm³/mol. The molecule has 3 rings (SSSR count). The first-order valence-corrected chi connectivity index (χ1v) is 10.9. The molecule has 124 valence electrons. The summed E-state index contributed by atoms with van der Waals surface area (Å²) in [6.45, 7) is 14.5. The first kappa shape index (κ1) is 18.9. The van der Waals surface area contributed by atoms with E-state index in [0.717, 1.165) is 6.42 Å². The Labute approximate surface area is 165 Å². The quantitative estimate of drug-likeness (QED) is 0.330. The number of allylic oxidation sites excluding steroid dienone is 10. The van der Waals surface area contributed by atoms with Gasteiger partial charge in [-0.25, -0.2) is 0 Å². The van der Waals surface area contributed by atoms with Crippen LogP contribution in [0.4, 0.5) is 0 Å². The zero-order valence-electron chi connectivity index (χ0n) is 17.2. The fraction of sp³-hybridized carbons (Fsp3) is 0.429. The summed E-state index contributed by atoms with van der Waals surface area (Å²) in [6, 6.07) is 0. The molecule has 3 aliphatic carbocycles. The van der Waals surface area contributed by atoms with Gasteiger partial charge in [-0.05, 0) is 33.1 Å². The zero-order valence-corrected chi connectivity index (χ0v) is 19.8. The van der Waals surface area contributed by atoms with Crippen molar-refractivity contribution in [2.45, 2.75) is 47.2 Å². The SMILES string of the molecule is CC1=CC=CC2=C(C(=[Si](C)C)C(C)(C)[C-]2C2=CC=CC2)C1C.[H-].[H-].[Hf]. The van der Waals surface area contributed by atoms with Crippen molar-refractivity contribution >= 4 is 13.6 Å². The van der Waals surface area contributed by atoms with Gasteiger partial charge >= 0.3 is 0 Å². The molecule has 0 N–H and O–H groups in total.